The maximum absolute atomic E-state index is 11.7. The van der Waals surface area contributed by atoms with Crippen molar-refractivity contribution in [2.75, 3.05) is 0 Å². The Morgan fingerprint density at radius 3 is 2.48 bits per heavy atom. The van der Waals surface area contributed by atoms with Gasteiger partial charge in [0.25, 0.3) is 0 Å². The van der Waals surface area contributed by atoms with Crippen molar-refractivity contribution in [2.24, 2.45) is 23.7 Å². The van der Waals surface area contributed by atoms with E-state index in [1.807, 2.05) is 30.3 Å². The summed E-state index contributed by atoms with van der Waals surface area (Å²) in [7, 11) is 0. The van der Waals surface area contributed by atoms with Gasteiger partial charge in [0.2, 0.25) is 0 Å². The smallest absolute Gasteiger partial charge is 0.200 e. The van der Waals surface area contributed by atoms with Crippen LogP contribution in [0.25, 0.3) is 0 Å². The van der Waals surface area contributed by atoms with Gasteiger partial charge in [0.15, 0.2) is 12.1 Å². The molecule has 0 amide bonds. The first-order valence-electron chi connectivity index (χ1n) is 12.4. The van der Waals surface area contributed by atoms with E-state index < -0.39 is 5.79 Å². The van der Waals surface area contributed by atoms with Crippen molar-refractivity contribution in [2.45, 2.75) is 77.7 Å². The molecule has 4 nitrogen and oxygen atoms in total. The monoisotopic (exact) mass is 470 g/mol. The normalized spacial score (nSPS) is 37.6. The van der Waals surface area contributed by atoms with Gasteiger partial charge in [-0.25, -0.2) is 0 Å². The highest BCUT2D eigenvalue weighted by molar-refractivity contribution is 6.31. The van der Waals surface area contributed by atoms with Gasteiger partial charge in [0.1, 0.15) is 5.75 Å². The molecule has 2 saturated heterocycles. The molecule has 1 saturated carbocycles. The fourth-order valence-corrected chi connectivity index (χ4v) is 5.76. The van der Waals surface area contributed by atoms with Crippen molar-refractivity contribution in [3.8, 4) is 5.75 Å². The fraction of sp³-hybridized carbons (Fsp3) is 0.571. The van der Waals surface area contributed by atoms with E-state index in [2.05, 4.69) is 39.8 Å². The fourth-order valence-electron chi connectivity index (χ4n) is 5.58. The third kappa shape index (κ3) is 4.43. The molecule has 5 heteroatoms. The molecule has 5 rings (SSSR count). The molecule has 178 valence electrons. The quantitative estimate of drug-likeness (QED) is 0.537. The average molecular weight is 471 g/mol. The zero-order valence-electron chi connectivity index (χ0n) is 20.0. The van der Waals surface area contributed by atoms with Crippen molar-refractivity contribution in [1.82, 2.24) is 0 Å². The molecule has 3 fully saturated rings. The lowest BCUT2D eigenvalue weighted by molar-refractivity contribution is -0.316. The van der Waals surface area contributed by atoms with E-state index >= 15 is 0 Å². The lowest BCUT2D eigenvalue weighted by atomic mass is 9.72. The summed E-state index contributed by atoms with van der Waals surface area (Å²) in [6.07, 6.45) is 4.08. The molecule has 1 aliphatic carbocycles. The summed E-state index contributed by atoms with van der Waals surface area (Å²) in [5.74, 6) is 0.939. The molecule has 0 aromatic heterocycles. The van der Waals surface area contributed by atoms with Gasteiger partial charge in [-0.3, -0.25) is 0 Å². The zero-order valence-corrected chi connectivity index (χ0v) is 20.7. The minimum Gasteiger partial charge on any atom is -0.465 e. The molecule has 2 aliphatic heterocycles. The average Bonchev–Trinajstić information content (AvgIpc) is 3.43. The van der Waals surface area contributed by atoms with Gasteiger partial charge < -0.3 is 19.3 Å². The van der Waals surface area contributed by atoms with E-state index in [1.165, 1.54) is 6.42 Å². The number of hydrogen-bond acceptors (Lipinski definition) is 4. The first-order chi connectivity index (χ1) is 15.8. The van der Waals surface area contributed by atoms with Crippen LogP contribution in [0.2, 0.25) is 5.02 Å². The van der Waals surface area contributed by atoms with Gasteiger partial charge in [-0.15, -0.1) is 0 Å². The van der Waals surface area contributed by atoms with Gasteiger partial charge in [0.05, 0.1) is 12.2 Å². The summed E-state index contributed by atoms with van der Waals surface area (Å²) < 4.78 is 18.1. The number of hydrogen-bond donors (Lipinski definition) is 1. The minimum atomic E-state index is -1.31. The topological polar surface area (TPSA) is 47.9 Å². The summed E-state index contributed by atoms with van der Waals surface area (Å²) in [4.78, 5) is 0. The van der Waals surface area contributed by atoms with Crippen LogP contribution in [0, 0.1) is 23.7 Å². The van der Waals surface area contributed by atoms with Gasteiger partial charge in [-0.2, -0.15) is 0 Å². The maximum atomic E-state index is 11.7. The zero-order chi connectivity index (χ0) is 23.3. The summed E-state index contributed by atoms with van der Waals surface area (Å²) in [6.45, 7) is 8.63. The van der Waals surface area contributed by atoms with Gasteiger partial charge in [0, 0.05) is 22.9 Å². The number of halogens is 1. The van der Waals surface area contributed by atoms with Crippen LogP contribution in [0.15, 0.2) is 42.5 Å². The number of aliphatic hydroxyl groups is 1. The standard InChI is InChI=1S/C28H35ClO4/c1-5-25-17(3)16(2)18(4)28(30,33-25)22-8-11-24(29)20(13-22)12-19-6-9-23(10-7-19)31-27-15-21-14-26(21)32-27/h6-11,13,16-18,21,25-27,30H,5,12,14-15H2,1-4H3/t16-,17-,18+,21-,25+,26-,27-,28?/m0/s1. The van der Waals surface area contributed by atoms with E-state index in [1.54, 1.807) is 0 Å². The molecular weight excluding hydrogens is 436 g/mol. The Morgan fingerprint density at radius 2 is 1.82 bits per heavy atom. The summed E-state index contributed by atoms with van der Waals surface area (Å²) >= 11 is 6.57. The van der Waals surface area contributed by atoms with Gasteiger partial charge >= 0.3 is 0 Å². The lowest BCUT2D eigenvalue weighted by Gasteiger charge is -2.49. The molecule has 1 N–H and O–H groups in total. The highest BCUT2D eigenvalue weighted by Gasteiger charge is 2.49. The van der Waals surface area contributed by atoms with Crippen molar-refractivity contribution in [3.05, 3.63) is 64.2 Å². The SMILES string of the molecule is CC[C@H]1OC(O)(c2ccc(Cl)c(Cc3ccc(O[C@@H]4C[C@@H]5C[C@@H]5O4)cc3)c2)[C@H](C)[C@@H](C)[C@@H]1C. The van der Waals surface area contributed by atoms with Gasteiger partial charge in [-0.1, -0.05) is 57.5 Å². The number of benzene rings is 2. The summed E-state index contributed by atoms with van der Waals surface area (Å²) in [6, 6.07) is 13.9. The highest BCUT2D eigenvalue weighted by Crippen LogP contribution is 2.47. The van der Waals surface area contributed by atoms with Crippen LogP contribution in [0.4, 0.5) is 0 Å². The second-order valence-corrected chi connectivity index (χ2v) is 10.8. The van der Waals surface area contributed by atoms with Crippen LogP contribution >= 0.6 is 11.6 Å². The highest BCUT2D eigenvalue weighted by atomic mass is 35.5. The molecule has 33 heavy (non-hydrogen) atoms. The number of fused-ring (bicyclic) bond motifs is 1. The summed E-state index contributed by atoms with van der Waals surface area (Å²) in [5.41, 5.74) is 2.89. The van der Waals surface area contributed by atoms with E-state index in [-0.39, 0.29) is 18.3 Å². The molecule has 8 atom stereocenters. The van der Waals surface area contributed by atoms with Crippen molar-refractivity contribution in [1.29, 1.82) is 0 Å². The minimum absolute atomic E-state index is 0.0235. The van der Waals surface area contributed by atoms with Crippen LogP contribution in [0.1, 0.15) is 63.6 Å². The van der Waals surface area contributed by atoms with Crippen LogP contribution in [-0.2, 0) is 21.7 Å². The molecule has 1 unspecified atom stereocenters. The Morgan fingerprint density at radius 1 is 1.06 bits per heavy atom. The Hall–Kier alpha value is -1.59. The van der Waals surface area contributed by atoms with Crippen LogP contribution < -0.4 is 4.74 Å². The molecule has 2 heterocycles. The van der Waals surface area contributed by atoms with E-state index in [9.17, 15) is 5.11 Å². The molecule has 0 spiro atoms. The van der Waals surface area contributed by atoms with Crippen LogP contribution in [-0.4, -0.2) is 23.6 Å². The van der Waals surface area contributed by atoms with Crippen LogP contribution in [0.5, 0.6) is 5.75 Å². The predicted octanol–water partition coefficient (Wildman–Crippen LogP) is 6.31. The Bertz CT molecular complexity index is 980. The Kier molecular flexibility index (Phi) is 6.24. The van der Waals surface area contributed by atoms with Crippen LogP contribution in [0.3, 0.4) is 0 Å². The van der Waals surface area contributed by atoms with Crippen molar-refractivity contribution < 1.29 is 19.3 Å². The second-order valence-electron chi connectivity index (χ2n) is 10.3. The third-order valence-electron chi connectivity index (χ3n) is 8.28. The second kappa shape index (κ2) is 8.88. The predicted molar refractivity (Wildman–Crippen MR) is 129 cm³/mol. The Balaban J connectivity index is 1.32. The molecule has 0 radical (unpaired) electrons. The first kappa shape index (κ1) is 23.2. The van der Waals surface area contributed by atoms with E-state index in [0.717, 1.165) is 35.3 Å². The van der Waals surface area contributed by atoms with E-state index in [0.29, 0.717) is 35.3 Å². The molecule has 0 bridgehead atoms. The van der Waals surface area contributed by atoms with Crippen molar-refractivity contribution in [3.63, 3.8) is 0 Å². The van der Waals surface area contributed by atoms with Crippen molar-refractivity contribution >= 4 is 11.6 Å². The molecular formula is C28H35ClO4. The van der Waals surface area contributed by atoms with E-state index in [4.69, 9.17) is 25.8 Å². The first-order valence-corrected chi connectivity index (χ1v) is 12.8. The number of ether oxygens (including phenoxy) is 3. The molecule has 2 aromatic rings. The third-order valence-corrected chi connectivity index (χ3v) is 8.65. The molecule has 2 aromatic carbocycles. The summed E-state index contributed by atoms with van der Waals surface area (Å²) in [5, 5.41) is 12.4. The number of rotatable bonds is 6. The lowest BCUT2D eigenvalue weighted by Crippen LogP contribution is -2.51. The molecule has 3 aliphatic rings. The Labute approximate surface area is 202 Å². The van der Waals surface area contributed by atoms with Gasteiger partial charge in [-0.05, 0) is 72.4 Å². The maximum Gasteiger partial charge on any atom is 0.200 e. The largest absolute Gasteiger partial charge is 0.465 e.